The van der Waals surface area contributed by atoms with Crippen LogP contribution in [0.5, 0.6) is 0 Å². The number of rotatable bonds is 10. The molecule has 4 saturated carbocycles. The number of carbonyl (C=O) groups excluding carboxylic acids is 2. The molecule has 0 bridgehead atoms. The predicted octanol–water partition coefficient (Wildman–Crippen LogP) is 10.2. The van der Waals surface area contributed by atoms with E-state index in [4.69, 9.17) is 4.43 Å². The van der Waals surface area contributed by atoms with E-state index in [2.05, 4.69) is 33.5 Å². The van der Waals surface area contributed by atoms with Crippen molar-refractivity contribution >= 4 is 19.9 Å². The van der Waals surface area contributed by atoms with E-state index in [1.807, 2.05) is 13.8 Å². The molecule has 4 aliphatic carbocycles. The molecule has 2 spiro atoms. The van der Waals surface area contributed by atoms with E-state index in [9.17, 15) is 14.7 Å². The van der Waals surface area contributed by atoms with E-state index in [1.54, 1.807) is 0 Å². The summed E-state index contributed by atoms with van der Waals surface area (Å²) in [5.74, 6) is 2.68. The van der Waals surface area contributed by atoms with E-state index in [0.717, 1.165) is 63.2 Å². The minimum absolute atomic E-state index is 0. The molecule has 41 heavy (non-hydrogen) atoms. The Hall–Kier alpha value is -0.523. The van der Waals surface area contributed by atoms with E-state index in [1.165, 1.54) is 77.0 Å². The maximum absolute atomic E-state index is 11.8. The van der Waals surface area contributed by atoms with Gasteiger partial charge in [-0.1, -0.05) is 33.1 Å². The molecule has 1 N–H and O–H groups in total. The lowest BCUT2D eigenvalue weighted by atomic mass is 9.72. The second-order valence-electron chi connectivity index (χ2n) is 16.9. The molecule has 0 radical (unpaired) electrons. The van der Waals surface area contributed by atoms with Gasteiger partial charge in [0.05, 0.1) is 11.2 Å². The molecule has 0 heterocycles. The molecule has 0 aliphatic heterocycles. The normalized spacial score (nSPS) is 30.8. The zero-order chi connectivity index (χ0) is 29.7. The fraction of sp³-hybridized carbons (Fsp3) is 0.944. The Balaban J connectivity index is 0.000000285. The number of Topliss-reactive ketones (excluding diaryl/α,β-unsaturated/α-hetero) is 2. The third-order valence-corrected chi connectivity index (χ3v) is 11.6. The van der Waals surface area contributed by atoms with E-state index in [-0.39, 0.29) is 13.0 Å². The number of aliphatic hydroxyl groups is 1. The molecule has 0 aromatic carbocycles. The smallest absolute Gasteiger partial charge is 0.184 e. The molecule has 0 amide bonds. The van der Waals surface area contributed by atoms with Crippen molar-refractivity contribution in [3.63, 3.8) is 0 Å². The summed E-state index contributed by atoms with van der Waals surface area (Å²) in [6.07, 6.45) is 23.1. The fourth-order valence-electron chi connectivity index (χ4n) is 8.95. The van der Waals surface area contributed by atoms with Gasteiger partial charge in [-0.25, -0.2) is 0 Å². The fourth-order valence-corrected chi connectivity index (χ4v) is 10.7. The lowest BCUT2D eigenvalue weighted by molar-refractivity contribution is -0.124. The number of ketones is 2. The average Bonchev–Trinajstić information content (AvgIpc) is 3.35. The highest BCUT2D eigenvalue weighted by atomic mass is 28.4. The van der Waals surface area contributed by atoms with Gasteiger partial charge in [0.2, 0.25) is 0 Å². The molecular weight excluding hydrogens is 524 g/mol. The van der Waals surface area contributed by atoms with Gasteiger partial charge in [0, 0.05) is 25.7 Å². The van der Waals surface area contributed by atoms with Gasteiger partial charge >= 0.3 is 0 Å². The van der Waals surface area contributed by atoms with Crippen LogP contribution in [-0.2, 0) is 14.0 Å². The van der Waals surface area contributed by atoms with Crippen LogP contribution < -0.4 is 0 Å². The molecular formula is C36H68O4Si. The summed E-state index contributed by atoms with van der Waals surface area (Å²) in [5.41, 5.74) is 0.303. The van der Waals surface area contributed by atoms with Crippen LogP contribution >= 0.6 is 0 Å². The van der Waals surface area contributed by atoms with Gasteiger partial charge in [-0.05, 0) is 147 Å². The molecule has 4 nitrogen and oxygen atoms in total. The number of hydrogen-bond donors (Lipinski definition) is 1. The van der Waals surface area contributed by atoms with Gasteiger partial charge in [-0.3, -0.25) is 9.59 Å². The third kappa shape index (κ3) is 12.9. The SMILES string of the molecule is C.CC(C)(CCC[C@@H]1CC[C@]2(CCCC(=O)C2)C1)O[Si](C)(C)C.CC(C)(O)CCC[C@@H]1CC[C@]2(CCCC(=O)C2)C1. The first-order valence-corrected chi connectivity index (χ1v) is 20.3. The van der Waals surface area contributed by atoms with Crippen LogP contribution in [0.15, 0.2) is 0 Å². The lowest BCUT2D eigenvalue weighted by Gasteiger charge is -2.34. The molecule has 4 rings (SSSR count). The molecule has 4 atom stereocenters. The van der Waals surface area contributed by atoms with Crippen LogP contribution in [0.3, 0.4) is 0 Å². The topological polar surface area (TPSA) is 63.6 Å². The third-order valence-electron chi connectivity index (χ3n) is 10.5. The van der Waals surface area contributed by atoms with Gasteiger partial charge in [0.15, 0.2) is 8.32 Å². The van der Waals surface area contributed by atoms with Gasteiger partial charge in [-0.15, -0.1) is 0 Å². The second kappa shape index (κ2) is 15.0. The van der Waals surface area contributed by atoms with Crippen molar-refractivity contribution < 1.29 is 19.1 Å². The molecule has 4 aliphatic rings. The summed E-state index contributed by atoms with van der Waals surface area (Å²) >= 11 is 0. The van der Waals surface area contributed by atoms with E-state index < -0.39 is 13.9 Å². The molecule has 0 saturated heterocycles. The first kappa shape index (κ1) is 36.7. The number of carbonyl (C=O) groups is 2. The summed E-state index contributed by atoms with van der Waals surface area (Å²) in [6, 6.07) is 0. The van der Waals surface area contributed by atoms with Crippen molar-refractivity contribution in [1.29, 1.82) is 0 Å². The zero-order valence-electron chi connectivity index (χ0n) is 27.5. The number of hydrogen-bond acceptors (Lipinski definition) is 4. The molecule has 0 aromatic heterocycles. The second-order valence-corrected chi connectivity index (χ2v) is 21.4. The highest BCUT2D eigenvalue weighted by Gasteiger charge is 2.43. The van der Waals surface area contributed by atoms with Crippen molar-refractivity contribution in [2.45, 2.75) is 194 Å². The first-order chi connectivity index (χ1) is 18.5. The first-order valence-electron chi connectivity index (χ1n) is 16.9. The van der Waals surface area contributed by atoms with Crippen LogP contribution in [0.4, 0.5) is 0 Å². The Bertz CT molecular complexity index is 837. The highest BCUT2D eigenvalue weighted by molar-refractivity contribution is 6.69. The molecule has 0 unspecified atom stereocenters. The summed E-state index contributed by atoms with van der Waals surface area (Å²) in [4.78, 5) is 23.4. The van der Waals surface area contributed by atoms with Crippen molar-refractivity contribution in [2.24, 2.45) is 22.7 Å². The van der Waals surface area contributed by atoms with Crippen molar-refractivity contribution in [1.82, 2.24) is 0 Å². The molecule has 4 fully saturated rings. The van der Waals surface area contributed by atoms with Gasteiger partial charge < -0.3 is 9.53 Å². The van der Waals surface area contributed by atoms with Crippen molar-refractivity contribution in [3.05, 3.63) is 0 Å². The maximum Gasteiger partial charge on any atom is 0.184 e. The van der Waals surface area contributed by atoms with Crippen molar-refractivity contribution in [2.75, 3.05) is 0 Å². The lowest BCUT2D eigenvalue weighted by Crippen LogP contribution is -2.38. The van der Waals surface area contributed by atoms with Crippen molar-refractivity contribution in [3.8, 4) is 0 Å². The quantitative estimate of drug-likeness (QED) is 0.256. The van der Waals surface area contributed by atoms with Crippen LogP contribution in [0.1, 0.15) is 164 Å². The minimum atomic E-state index is -1.45. The molecule has 0 aromatic rings. The summed E-state index contributed by atoms with van der Waals surface area (Å²) in [6.45, 7) is 15.1. The van der Waals surface area contributed by atoms with Gasteiger partial charge in [-0.2, -0.15) is 0 Å². The Morgan fingerprint density at radius 1 is 0.780 bits per heavy atom. The van der Waals surface area contributed by atoms with Gasteiger partial charge in [0.25, 0.3) is 0 Å². The monoisotopic (exact) mass is 592 g/mol. The predicted molar refractivity (Wildman–Crippen MR) is 176 cm³/mol. The molecule has 5 heteroatoms. The van der Waals surface area contributed by atoms with E-state index in [0.29, 0.717) is 22.4 Å². The standard InChI is InChI=1S/C19H36O2Si.C16H28O2.CH4/c1-18(2,21-22(3,4)5)11-6-8-16-10-13-19(14-16)12-7-9-17(20)15-19;1-15(2,18)8-3-5-13-7-10-16(11-13)9-4-6-14(17)12-16;/h16H,6-15H2,1-5H3;13,18H,3-12H2,1-2H3;1H4/t16-,19-;13-,16-;/m11./s1. The minimum Gasteiger partial charge on any atom is -0.413 e. The van der Waals surface area contributed by atoms with Crippen LogP contribution in [0.2, 0.25) is 19.6 Å². The zero-order valence-corrected chi connectivity index (χ0v) is 28.5. The van der Waals surface area contributed by atoms with Crippen LogP contribution in [-0.4, -0.2) is 36.2 Å². The van der Waals surface area contributed by atoms with E-state index >= 15 is 0 Å². The largest absolute Gasteiger partial charge is 0.413 e. The average molecular weight is 593 g/mol. The summed E-state index contributed by atoms with van der Waals surface area (Å²) in [5, 5.41) is 9.72. The maximum atomic E-state index is 11.8. The van der Waals surface area contributed by atoms with Crippen LogP contribution in [0, 0.1) is 22.7 Å². The van der Waals surface area contributed by atoms with Crippen LogP contribution in [0.25, 0.3) is 0 Å². The summed E-state index contributed by atoms with van der Waals surface area (Å²) < 4.78 is 6.31. The Morgan fingerprint density at radius 3 is 1.61 bits per heavy atom. The summed E-state index contributed by atoms with van der Waals surface area (Å²) in [7, 11) is -1.45. The molecule has 240 valence electrons. The Morgan fingerprint density at radius 2 is 1.22 bits per heavy atom. The van der Waals surface area contributed by atoms with Gasteiger partial charge in [0.1, 0.15) is 11.6 Å². The Kier molecular flexibility index (Phi) is 13.4. The Labute approximate surface area is 255 Å². The highest BCUT2D eigenvalue weighted by Crippen LogP contribution is 2.52.